The molecule has 27 heavy (non-hydrogen) atoms. The molecule has 2 saturated heterocycles. The van der Waals surface area contributed by atoms with E-state index in [1.54, 1.807) is 29.2 Å². The van der Waals surface area contributed by atoms with Crippen LogP contribution >= 0.6 is 0 Å². The molecule has 2 heterocycles. The number of likely N-dealkylation sites (tertiary alicyclic amines) is 1. The van der Waals surface area contributed by atoms with Crippen molar-refractivity contribution in [3.05, 3.63) is 24.3 Å². The quantitative estimate of drug-likeness (QED) is 0.752. The molecule has 150 valence electrons. The molecule has 0 spiro atoms. The van der Waals surface area contributed by atoms with Crippen molar-refractivity contribution in [1.82, 2.24) is 9.62 Å². The van der Waals surface area contributed by atoms with E-state index in [9.17, 15) is 21.6 Å². The summed E-state index contributed by atoms with van der Waals surface area (Å²) in [7, 11) is -6.55. The Labute approximate surface area is 159 Å². The first-order valence-electron chi connectivity index (χ1n) is 8.78. The molecule has 1 unspecified atom stereocenters. The molecular weight excluding hydrogens is 392 g/mol. The molecule has 1 aromatic carbocycles. The van der Waals surface area contributed by atoms with Gasteiger partial charge in [0, 0.05) is 31.4 Å². The zero-order valence-corrected chi connectivity index (χ0v) is 16.7. The zero-order chi connectivity index (χ0) is 19.7. The van der Waals surface area contributed by atoms with Crippen LogP contribution < -0.4 is 14.3 Å². The Morgan fingerprint density at radius 3 is 2.44 bits per heavy atom. The molecule has 9 nitrogen and oxygen atoms in total. The summed E-state index contributed by atoms with van der Waals surface area (Å²) in [5.41, 5.74) is 1.14. The molecule has 2 N–H and O–H groups in total. The topological polar surface area (TPSA) is 116 Å². The lowest BCUT2D eigenvalue weighted by Crippen LogP contribution is -2.50. The number of rotatable bonds is 4. The Morgan fingerprint density at radius 1 is 1.15 bits per heavy atom. The fourth-order valence-electron chi connectivity index (χ4n) is 3.40. The van der Waals surface area contributed by atoms with Gasteiger partial charge in [-0.15, -0.1) is 0 Å². The predicted octanol–water partition coefficient (Wildman–Crippen LogP) is 0.772. The van der Waals surface area contributed by atoms with Crippen molar-refractivity contribution in [3.8, 4) is 0 Å². The minimum absolute atomic E-state index is 0.156. The van der Waals surface area contributed by atoms with Crippen LogP contribution in [0.4, 0.5) is 16.2 Å². The average Bonchev–Trinajstić information content (AvgIpc) is 2.93. The van der Waals surface area contributed by atoms with E-state index >= 15 is 0 Å². The Kier molecular flexibility index (Phi) is 5.63. The summed E-state index contributed by atoms with van der Waals surface area (Å²) in [5.74, 6) is 0.156. The summed E-state index contributed by atoms with van der Waals surface area (Å²) in [4.78, 5) is 14.0. The second-order valence-corrected chi connectivity index (χ2v) is 10.7. The monoisotopic (exact) mass is 416 g/mol. The van der Waals surface area contributed by atoms with Gasteiger partial charge in [0.2, 0.25) is 20.0 Å². The number of nitrogens with one attached hydrogen (secondary N) is 2. The van der Waals surface area contributed by atoms with E-state index in [-0.39, 0.29) is 17.8 Å². The third-order valence-corrected chi connectivity index (χ3v) is 7.23. The first kappa shape index (κ1) is 19.9. The highest BCUT2D eigenvalue weighted by Gasteiger charge is 2.28. The molecule has 1 aromatic rings. The van der Waals surface area contributed by atoms with Crippen LogP contribution in [-0.4, -0.2) is 65.5 Å². The van der Waals surface area contributed by atoms with Gasteiger partial charge in [0.25, 0.3) is 0 Å². The number of hydrogen-bond donors (Lipinski definition) is 2. The number of piperidine rings is 1. The number of nitrogens with zero attached hydrogens (tertiary/aromatic N) is 2. The number of anilines is 2. The molecule has 0 aliphatic carbocycles. The third-order valence-electron chi connectivity index (χ3n) is 4.60. The molecule has 0 aromatic heterocycles. The summed E-state index contributed by atoms with van der Waals surface area (Å²) < 4.78 is 50.6. The standard InChI is InChI=1S/C16H24N4O5S2/c1-26(22,23)18-14-4-2-9-19(12-14)16(21)17-13-5-7-15(8-6-13)20-10-3-11-27(20,24)25/h5-8,14,18H,2-4,9-12H2,1H3,(H,17,21). The number of hydrogen-bond acceptors (Lipinski definition) is 5. The second-order valence-electron chi connectivity index (χ2n) is 6.89. The van der Waals surface area contributed by atoms with Gasteiger partial charge in [0.05, 0.1) is 17.7 Å². The van der Waals surface area contributed by atoms with E-state index < -0.39 is 20.0 Å². The maximum absolute atomic E-state index is 12.5. The van der Waals surface area contributed by atoms with Crippen molar-refractivity contribution in [2.45, 2.75) is 25.3 Å². The van der Waals surface area contributed by atoms with Gasteiger partial charge in [0.15, 0.2) is 0 Å². The van der Waals surface area contributed by atoms with Crippen molar-refractivity contribution < 1.29 is 21.6 Å². The SMILES string of the molecule is CS(=O)(=O)NC1CCCN(C(=O)Nc2ccc(N3CCCS3(=O)=O)cc2)C1. The van der Waals surface area contributed by atoms with E-state index in [1.165, 1.54) is 4.31 Å². The molecule has 3 rings (SSSR count). The van der Waals surface area contributed by atoms with E-state index in [2.05, 4.69) is 10.0 Å². The Balaban J connectivity index is 1.61. The Hall–Kier alpha value is -1.85. The normalized spacial score (nSPS) is 22.6. The van der Waals surface area contributed by atoms with Crippen molar-refractivity contribution in [1.29, 1.82) is 0 Å². The van der Waals surface area contributed by atoms with Crippen molar-refractivity contribution in [2.24, 2.45) is 0 Å². The van der Waals surface area contributed by atoms with Crippen molar-refractivity contribution in [2.75, 3.05) is 41.3 Å². The number of amides is 2. The summed E-state index contributed by atoms with van der Waals surface area (Å²) >= 11 is 0. The lowest BCUT2D eigenvalue weighted by Gasteiger charge is -2.32. The van der Waals surface area contributed by atoms with Crippen LogP contribution in [0.15, 0.2) is 24.3 Å². The van der Waals surface area contributed by atoms with Gasteiger partial charge >= 0.3 is 6.03 Å². The van der Waals surface area contributed by atoms with Crippen LogP contribution in [0.25, 0.3) is 0 Å². The van der Waals surface area contributed by atoms with Crippen LogP contribution in [0.2, 0.25) is 0 Å². The fourth-order valence-corrected chi connectivity index (χ4v) is 5.77. The van der Waals surface area contributed by atoms with Gasteiger partial charge in [-0.05, 0) is 43.5 Å². The molecule has 0 saturated carbocycles. The highest BCUT2D eigenvalue weighted by molar-refractivity contribution is 7.93. The lowest BCUT2D eigenvalue weighted by molar-refractivity contribution is 0.190. The van der Waals surface area contributed by atoms with E-state index in [0.717, 1.165) is 6.26 Å². The van der Waals surface area contributed by atoms with Crippen LogP contribution in [0.3, 0.4) is 0 Å². The molecule has 2 amide bonds. The first-order chi connectivity index (χ1) is 12.6. The van der Waals surface area contributed by atoms with Crippen LogP contribution in [0.5, 0.6) is 0 Å². The summed E-state index contributed by atoms with van der Waals surface area (Å²) in [6.07, 6.45) is 3.12. The molecule has 0 radical (unpaired) electrons. The number of sulfonamides is 2. The molecule has 1 atom stereocenters. The largest absolute Gasteiger partial charge is 0.323 e. The van der Waals surface area contributed by atoms with Gasteiger partial charge in [-0.1, -0.05) is 0 Å². The Bertz CT molecular complexity index is 899. The summed E-state index contributed by atoms with van der Waals surface area (Å²) in [6, 6.07) is 6.07. The number of benzene rings is 1. The van der Waals surface area contributed by atoms with Gasteiger partial charge in [-0.25, -0.2) is 26.4 Å². The first-order valence-corrected chi connectivity index (χ1v) is 12.3. The second kappa shape index (κ2) is 7.64. The van der Waals surface area contributed by atoms with Crippen molar-refractivity contribution >= 4 is 37.5 Å². The number of carbonyl (C=O) groups excluding carboxylic acids is 1. The number of carbonyl (C=O) groups is 1. The van der Waals surface area contributed by atoms with E-state index in [1.807, 2.05) is 0 Å². The summed E-state index contributed by atoms with van der Waals surface area (Å²) in [5, 5.41) is 2.78. The van der Waals surface area contributed by atoms with Gasteiger partial charge < -0.3 is 10.2 Å². The highest BCUT2D eigenvalue weighted by atomic mass is 32.2. The van der Waals surface area contributed by atoms with Crippen LogP contribution in [0.1, 0.15) is 19.3 Å². The Morgan fingerprint density at radius 2 is 1.85 bits per heavy atom. The minimum atomic E-state index is -3.32. The lowest BCUT2D eigenvalue weighted by atomic mass is 10.1. The number of urea groups is 1. The van der Waals surface area contributed by atoms with Gasteiger partial charge in [-0.2, -0.15) is 0 Å². The maximum atomic E-state index is 12.5. The average molecular weight is 417 g/mol. The summed E-state index contributed by atoms with van der Waals surface area (Å²) in [6.45, 7) is 1.33. The molecule has 2 aliphatic rings. The van der Waals surface area contributed by atoms with E-state index in [4.69, 9.17) is 0 Å². The zero-order valence-electron chi connectivity index (χ0n) is 15.1. The smallest absolute Gasteiger partial charge is 0.321 e. The highest BCUT2D eigenvalue weighted by Crippen LogP contribution is 2.25. The molecule has 2 aliphatic heterocycles. The molecule has 11 heteroatoms. The molecular formula is C16H24N4O5S2. The van der Waals surface area contributed by atoms with Crippen LogP contribution in [0, 0.1) is 0 Å². The molecule has 2 fully saturated rings. The van der Waals surface area contributed by atoms with Gasteiger partial charge in [0.1, 0.15) is 0 Å². The molecule has 0 bridgehead atoms. The fraction of sp³-hybridized carbons (Fsp3) is 0.562. The van der Waals surface area contributed by atoms with Crippen LogP contribution in [-0.2, 0) is 20.0 Å². The third kappa shape index (κ3) is 5.11. The predicted molar refractivity (Wildman–Crippen MR) is 104 cm³/mol. The van der Waals surface area contributed by atoms with Gasteiger partial charge in [-0.3, -0.25) is 4.31 Å². The maximum Gasteiger partial charge on any atom is 0.321 e. The van der Waals surface area contributed by atoms with Crippen molar-refractivity contribution in [3.63, 3.8) is 0 Å². The van der Waals surface area contributed by atoms with E-state index in [0.29, 0.717) is 50.3 Å². The minimum Gasteiger partial charge on any atom is -0.323 e.